The highest BCUT2D eigenvalue weighted by molar-refractivity contribution is 6.39. The minimum absolute atomic E-state index is 0.132. The third kappa shape index (κ3) is 5.14. The van der Waals surface area contributed by atoms with Gasteiger partial charge < -0.3 is 20.4 Å². The van der Waals surface area contributed by atoms with Crippen LogP contribution < -0.4 is 20.4 Å². The summed E-state index contributed by atoms with van der Waals surface area (Å²) in [7, 11) is 3.98. The molecule has 0 aliphatic carbocycles. The molecule has 170 valence electrons. The van der Waals surface area contributed by atoms with E-state index in [-0.39, 0.29) is 12.6 Å². The molecule has 1 heterocycles. The summed E-state index contributed by atoms with van der Waals surface area (Å²) < 4.78 is 13.1. The summed E-state index contributed by atoms with van der Waals surface area (Å²) >= 11 is 0. The van der Waals surface area contributed by atoms with Gasteiger partial charge in [-0.05, 0) is 60.0 Å². The van der Waals surface area contributed by atoms with Crippen molar-refractivity contribution in [1.82, 2.24) is 5.32 Å². The van der Waals surface area contributed by atoms with Crippen molar-refractivity contribution >= 4 is 28.9 Å². The number of nitrogens with one attached hydrogen (secondary N) is 2. The largest absolute Gasteiger partial charge is 0.378 e. The molecular weight excluding hydrogens is 419 g/mol. The van der Waals surface area contributed by atoms with Crippen LogP contribution in [-0.4, -0.2) is 39.0 Å². The number of carbonyl (C=O) groups excluding carboxylic acids is 2. The molecule has 0 saturated heterocycles. The Bertz CT molecular complexity index is 1130. The van der Waals surface area contributed by atoms with Crippen LogP contribution >= 0.6 is 0 Å². The maximum absolute atomic E-state index is 13.1. The minimum Gasteiger partial charge on any atom is -0.378 e. The molecule has 1 aliphatic heterocycles. The Labute approximate surface area is 193 Å². The second-order valence-corrected chi connectivity index (χ2v) is 8.24. The van der Waals surface area contributed by atoms with E-state index in [9.17, 15) is 14.0 Å². The highest BCUT2D eigenvalue weighted by Gasteiger charge is 2.28. The van der Waals surface area contributed by atoms with Crippen LogP contribution in [0.15, 0.2) is 72.8 Å². The zero-order valence-corrected chi connectivity index (χ0v) is 18.7. The molecule has 0 radical (unpaired) electrons. The van der Waals surface area contributed by atoms with E-state index in [2.05, 4.69) is 39.8 Å². The van der Waals surface area contributed by atoms with Crippen molar-refractivity contribution in [3.05, 3.63) is 89.7 Å². The molecule has 0 spiro atoms. The van der Waals surface area contributed by atoms with Crippen LogP contribution in [0.1, 0.15) is 17.2 Å². The van der Waals surface area contributed by atoms with Crippen molar-refractivity contribution in [3.63, 3.8) is 0 Å². The van der Waals surface area contributed by atoms with Gasteiger partial charge in [0.05, 0.1) is 6.04 Å². The number of anilines is 3. The number of rotatable bonds is 6. The van der Waals surface area contributed by atoms with Crippen molar-refractivity contribution in [2.75, 3.05) is 42.3 Å². The lowest BCUT2D eigenvalue weighted by Gasteiger charge is -2.31. The summed E-state index contributed by atoms with van der Waals surface area (Å²) in [5.74, 6) is -1.93. The van der Waals surface area contributed by atoms with Crippen molar-refractivity contribution in [2.24, 2.45) is 0 Å². The number of nitrogens with zero attached hydrogens (tertiary/aromatic N) is 2. The maximum Gasteiger partial charge on any atom is 0.313 e. The monoisotopic (exact) mass is 446 g/mol. The summed E-state index contributed by atoms with van der Waals surface area (Å²) in [5, 5.41) is 5.28. The number of hydrogen-bond donors (Lipinski definition) is 2. The minimum atomic E-state index is -0.787. The topological polar surface area (TPSA) is 64.7 Å². The third-order valence-electron chi connectivity index (χ3n) is 5.86. The molecule has 2 N–H and O–H groups in total. The molecule has 0 bridgehead atoms. The first-order chi connectivity index (χ1) is 15.9. The molecule has 1 unspecified atom stereocenters. The van der Waals surface area contributed by atoms with Gasteiger partial charge in [0.1, 0.15) is 5.82 Å². The first kappa shape index (κ1) is 22.3. The van der Waals surface area contributed by atoms with Gasteiger partial charge in [-0.25, -0.2) is 4.39 Å². The van der Waals surface area contributed by atoms with Crippen molar-refractivity contribution < 1.29 is 14.0 Å². The molecule has 0 saturated carbocycles. The van der Waals surface area contributed by atoms with Crippen molar-refractivity contribution in [1.29, 1.82) is 0 Å². The van der Waals surface area contributed by atoms with Gasteiger partial charge in [-0.3, -0.25) is 9.59 Å². The van der Waals surface area contributed by atoms with E-state index < -0.39 is 17.6 Å². The first-order valence-corrected chi connectivity index (χ1v) is 10.9. The van der Waals surface area contributed by atoms with E-state index in [1.807, 2.05) is 43.3 Å². The van der Waals surface area contributed by atoms with E-state index in [4.69, 9.17) is 0 Å². The number of fused-ring (bicyclic) bond motifs is 1. The zero-order valence-electron chi connectivity index (χ0n) is 18.7. The third-order valence-corrected chi connectivity index (χ3v) is 5.86. The lowest BCUT2D eigenvalue weighted by Crippen LogP contribution is -2.41. The van der Waals surface area contributed by atoms with E-state index in [1.165, 1.54) is 29.8 Å². The van der Waals surface area contributed by atoms with Crippen LogP contribution in [-0.2, 0) is 16.0 Å². The standard InChI is InChI=1S/C26H27FN4O2/c1-30(2)22-13-7-19(8-14-22)24(31-16-15-18-5-3-4-6-23(18)31)17-28-25(32)26(33)29-21-11-9-20(27)10-12-21/h3-14,24H,15-17H2,1-2H3,(H,28,32)(H,29,33). The van der Waals surface area contributed by atoms with Gasteiger partial charge in [0, 0.05) is 44.2 Å². The Kier molecular flexibility index (Phi) is 6.58. The summed E-state index contributed by atoms with van der Waals surface area (Å²) in [6.45, 7) is 1.10. The van der Waals surface area contributed by atoms with Gasteiger partial charge >= 0.3 is 11.8 Å². The Morgan fingerprint density at radius 2 is 1.67 bits per heavy atom. The lowest BCUT2D eigenvalue weighted by atomic mass is 10.0. The summed E-state index contributed by atoms with van der Waals surface area (Å²) in [4.78, 5) is 29.2. The van der Waals surface area contributed by atoms with Crippen LogP contribution in [0.25, 0.3) is 0 Å². The van der Waals surface area contributed by atoms with Crippen LogP contribution in [0.2, 0.25) is 0 Å². The average molecular weight is 447 g/mol. The molecule has 4 rings (SSSR count). The van der Waals surface area contributed by atoms with Crippen LogP contribution in [0.4, 0.5) is 21.5 Å². The number of amides is 2. The van der Waals surface area contributed by atoms with E-state index in [1.54, 1.807) is 0 Å². The Hall–Kier alpha value is -3.87. The molecule has 0 aromatic heterocycles. The highest BCUT2D eigenvalue weighted by atomic mass is 19.1. The second-order valence-electron chi connectivity index (χ2n) is 8.24. The molecule has 1 aliphatic rings. The Balaban J connectivity index is 1.50. The Morgan fingerprint density at radius 3 is 2.36 bits per heavy atom. The molecular formula is C26H27FN4O2. The molecule has 1 atom stereocenters. The first-order valence-electron chi connectivity index (χ1n) is 10.9. The molecule has 2 amide bonds. The van der Waals surface area contributed by atoms with Crippen molar-refractivity contribution in [3.8, 4) is 0 Å². The number of hydrogen-bond acceptors (Lipinski definition) is 4. The molecule has 6 nitrogen and oxygen atoms in total. The number of benzene rings is 3. The van der Waals surface area contributed by atoms with Crippen LogP contribution in [0.3, 0.4) is 0 Å². The number of halogens is 1. The fourth-order valence-corrected chi connectivity index (χ4v) is 4.08. The fraction of sp³-hybridized carbons (Fsp3) is 0.231. The zero-order chi connectivity index (χ0) is 23.4. The number of carbonyl (C=O) groups is 2. The summed E-state index contributed by atoms with van der Waals surface area (Å²) in [6, 6.07) is 21.6. The highest BCUT2D eigenvalue weighted by Crippen LogP contribution is 2.35. The second kappa shape index (κ2) is 9.73. The van der Waals surface area contributed by atoms with E-state index in [0.717, 1.165) is 29.9 Å². The van der Waals surface area contributed by atoms with E-state index in [0.29, 0.717) is 5.69 Å². The summed E-state index contributed by atoms with van der Waals surface area (Å²) in [5.41, 5.74) is 4.91. The molecule has 0 fully saturated rings. The van der Waals surface area contributed by atoms with Crippen LogP contribution in [0.5, 0.6) is 0 Å². The van der Waals surface area contributed by atoms with Gasteiger partial charge in [-0.1, -0.05) is 30.3 Å². The SMILES string of the molecule is CN(C)c1ccc(C(CNC(=O)C(=O)Nc2ccc(F)cc2)N2CCc3ccccc32)cc1. The number of para-hydroxylation sites is 1. The molecule has 33 heavy (non-hydrogen) atoms. The van der Waals surface area contributed by atoms with Gasteiger partial charge in [-0.2, -0.15) is 0 Å². The quantitative estimate of drug-likeness (QED) is 0.566. The summed E-state index contributed by atoms with van der Waals surface area (Å²) in [6.07, 6.45) is 0.932. The van der Waals surface area contributed by atoms with Gasteiger partial charge in [0.2, 0.25) is 0 Å². The average Bonchev–Trinajstić information content (AvgIpc) is 3.25. The van der Waals surface area contributed by atoms with Gasteiger partial charge in [-0.15, -0.1) is 0 Å². The van der Waals surface area contributed by atoms with E-state index >= 15 is 0 Å². The van der Waals surface area contributed by atoms with Gasteiger partial charge in [0.25, 0.3) is 0 Å². The smallest absolute Gasteiger partial charge is 0.313 e. The van der Waals surface area contributed by atoms with Crippen molar-refractivity contribution in [2.45, 2.75) is 12.5 Å². The Morgan fingerprint density at radius 1 is 0.970 bits per heavy atom. The molecule has 3 aromatic carbocycles. The normalized spacial score (nSPS) is 13.2. The van der Waals surface area contributed by atoms with Crippen LogP contribution in [0, 0.1) is 5.82 Å². The predicted molar refractivity (Wildman–Crippen MR) is 129 cm³/mol. The maximum atomic E-state index is 13.1. The fourth-order valence-electron chi connectivity index (χ4n) is 4.08. The molecule has 3 aromatic rings. The molecule has 7 heteroatoms. The predicted octanol–water partition coefficient (Wildman–Crippen LogP) is 3.75. The lowest BCUT2D eigenvalue weighted by molar-refractivity contribution is -0.136. The van der Waals surface area contributed by atoms with Gasteiger partial charge in [0.15, 0.2) is 0 Å².